The first-order valence-electron chi connectivity index (χ1n) is 11.2. The van der Waals surface area contributed by atoms with E-state index >= 15 is 0 Å². The van der Waals surface area contributed by atoms with Crippen LogP contribution in [0.3, 0.4) is 0 Å². The van der Waals surface area contributed by atoms with Gasteiger partial charge in [0.25, 0.3) is 5.56 Å². The van der Waals surface area contributed by atoms with Crippen molar-refractivity contribution in [1.82, 2.24) is 24.4 Å². The Morgan fingerprint density at radius 2 is 1.79 bits per heavy atom. The van der Waals surface area contributed by atoms with Gasteiger partial charge in [0.05, 0.1) is 0 Å². The number of nitrogens with zero attached hydrogens (tertiary/aromatic N) is 4. The molecule has 0 fully saturated rings. The van der Waals surface area contributed by atoms with Gasteiger partial charge < -0.3 is 16.0 Å². The predicted octanol–water partition coefficient (Wildman–Crippen LogP) is 1.33. The molecule has 4 N–H and O–H groups in total. The summed E-state index contributed by atoms with van der Waals surface area (Å²) in [7, 11) is 2.84. The second-order valence-electron chi connectivity index (χ2n) is 8.52. The van der Waals surface area contributed by atoms with E-state index in [0.717, 1.165) is 21.3 Å². The standard InChI is InChI=1S/C24H22ClF2N7O4/c1-32(16-5-3-13(25)4-6-16)22(37)17(9-12-7-14(26)10-15(27)8-12)29-18(35)11-34-19-20(30-23(34)28)33(2)24(38)31-21(19)36/h3-8,10,17H,9,11H2,1-2H3,(H2,28,30)(H,29,35)(H,31,36,38). The summed E-state index contributed by atoms with van der Waals surface area (Å²) in [4.78, 5) is 58.1. The summed E-state index contributed by atoms with van der Waals surface area (Å²) in [5.41, 5.74) is 4.83. The smallest absolute Gasteiger partial charge is 0.329 e. The van der Waals surface area contributed by atoms with Crippen LogP contribution in [0.4, 0.5) is 20.4 Å². The quantitative estimate of drug-likeness (QED) is 0.319. The van der Waals surface area contributed by atoms with E-state index in [1.54, 1.807) is 24.3 Å². The van der Waals surface area contributed by atoms with E-state index in [0.29, 0.717) is 16.8 Å². The number of benzene rings is 2. The van der Waals surface area contributed by atoms with Crippen molar-refractivity contribution in [2.75, 3.05) is 17.7 Å². The zero-order valence-electron chi connectivity index (χ0n) is 20.2. The van der Waals surface area contributed by atoms with Crippen molar-refractivity contribution in [3.8, 4) is 0 Å². The van der Waals surface area contributed by atoms with Gasteiger partial charge in [0.15, 0.2) is 11.2 Å². The molecule has 0 radical (unpaired) electrons. The summed E-state index contributed by atoms with van der Waals surface area (Å²) < 4.78 is 29.8. The minimum atomic E-state index is -1.26. The monoisotopic (exact) mass is 545 g/mol. The van der Waals surface area contributed by atoms with Crippen LogP contribution in [0.15, 0.2) is 52.1 Å². The lowest BCUT2D eigenvalue weighted by Gasteiger charge is -2.25. The Morgan fingerprint density at radius 3 is 2.42 bits per heavy atom. The average Bonchev–Trinajstić information content (AvgIpc) is 3.17. The number of H-pyrrole nitrogens is 1. The van der Waals surface area contributed by atoms with Crippen molar-refractivity contribution in [3.63, 3.8) is 0 Å². The number of halogens is 3. The maximum atomic E-state index is 13.8. The molecule has 2 heterocycles. The third-order valence-corrected chi connectivity index (χ3v) is 6.13. The molecular formula is C24H22ClF2N7O4. The molecule has 2 aromatic heterocycles. The zero-order valence-corrected chi connectivity index (χ0v) is 20.9. The average molecular weight is 546 g/mol. The molecule has 0 aliphatic rings. The summed E-state index contributed by atoms with van der Waals surface area (Å²) in [6.45, 7) is -0.532. The second kappa shape index (κ2) is 10.5. The van der Waals surface area contributed by atoms with E-state index in [9.17, 15) is 28.0 Å². The first-order valence-corrected chi connectivity index (χ1v) is 11.5. The zero-order chi connectivity index (χ0) is 27.7. The molecule has 198 valence electrons. The molecule has 2 amide bonds. The van der Waals surface area contributed by atoms with Crippen molar-refractivity contribution in [1.29, 1.82) is 0 Å². The molecule has 1 unspecified atom stereocenters. The Bertz CT molecular complexity index is 1640. The van der Waals surface area contributed by atoms with Gasteiger partial charge in [-0.05, 0) is 42.0 Å². The molecule has 11 nitrogen and oxygen atoms in total. The van der Waals surface area contributed by atoms with Crippen LogP contribution >= 0.6 is 11.6 Å². The second-order valence-corrected chi connectivity index (χ2v) is 8.96. The van der Waals surface area contributed by atoms with Crippen LogP contribution in [0.5, 0.6) is 0 Å². The number of carbonyl (C=O) groups excluding carboxylic acids is 2. The highest BCUT2D eigenvalue weighted by molar-refractivity contribution is 6.30. The van der Waals surface area contributed by atoms with E-state index in [2.05, 4.69) is 15.3 Å². The molecule has 0 aliphatic heterocycles. The van der Waals surface area contributed by atoms with Crippen LogP contribution < -0.4 is 27.2 Å². The highest BCUT2D eigenvalue weighted by atomic mass is 35.5. The molecule has 1 atom stereocenters. The first kappa shape index (κ1) is 26.5. The Balaban J connectivity index is 1.65. The number of amides is 2. The SMILES string of the molecule is CN(C(=O)C(Cc1cc(F)cc(F)c1)NC(=O)Cn1c(N)nc2c1c(=O)[nH]c(=O)n2C)c1ccc(Cl)cc1. The third kappa shape index (κ3) is 5.42. The van der Waals surface area contributed by atoms with Crippen LogP contribution in [0.1, 0.15) is 5.56 Å². The molecule has 0 saturated carbocycles. The fourth-order valence-electron chi connectivity index (χ4n) is 3.99. The largest absolute Gasteiger partial charge is 0.369 e. The van der Waals surface area contributed by atoms with Gasteiger partial charge >= 0.3 is 5.69 Å². The minimum absolute atomic E-state index is 0.0330. The van der Waals surface area contributed by atoms with Crippen LogP contribution in [-0.2, 0) is 29.6 Å². The molecule has 14 heteroatoms. The van der Waals surface area contributed by atoms with E-state index in [-0.39, 0.29) is 29.1 Å². The number of aryl methyl sites for hydroxylation is 1. The summed E-state index contributed by atoms with van der Waals surface area (Å²) in [6, 6.07) is 7.88. The number of nitrogens with two attached hydrogens (primary N) is 1. The van der Waals surface area contributed by atoms with Crippen LogP contribution in [-0.4, -0.2) is 44.0 Å². The van der Waals surface area contributed by atoms with Gasteiger partial charge in [0.2, 0.25) is 17.8 Å². The molecule has 4 aromatic rings. The summed E-state index contributed by atoms with van der Waals surface area (Å²) in [5, 5.41) is 3.01. The Labute approximate surface area is 218 Å². The Morgan fingerprint density at radius 1 is 1.16 bits per heavy atom. The molecule has 0 aliphatic carbocycles. The van der Waals surface area contributed by atoms with Crippen LogP contribution in [0, 0.1) is 11.6 Å². The Kier molecular flexibility index (Phi) is 7.30. The van der Waals surface area contributed by atoms with Gasteiger partial charge in [-0.25, -0.2) is 13.6 Å². The number of nitrogens with one attached hydrogen (secondary N) is 2. The van der Waals surface area contributed by atoms with Crippen LogP contribution in [0.25, 0.3) is 11.2 Å². The number of carbonyl (C=O) groups is 2. The maximum absolute atomic E-state index is 13.8. The lowest BCUT2D eigenvalue weighted by Crippen LogP contribution is -2.49. The van der Waals surface area contributed by atoms with E-state index in [1.165, 1.54) is 19.0 Å². The highest BCUT2D eigenvalue weighted by Gasteiger charge is 2.27. The van der Waals surface area contributed by atoms with Gasteiger partial charge in [-0.15, -0.1) is 0 Å². The van der Waals surface area contributed by atoms with E-state index < -0.39 is 47.3 Å². The number of imidazole rings is 1. The van der Waals surface area contributed by atoms with E-state index in [4.69, 9.17) is 17.3 Å². The molecule has 2 aromatic carbocycles. The Hall–Kier alpha value is -4.52. The number of rotatable bonds is 7. The molecule has 0 bridgehead atoms. The van der Waals surface area contributed by atoms with Crippen molar-refractivity contribution < 1.29 is 18.4 Å². The molecule has 38 heavy (non-hydrogen) atoms. The lowest BCUT2D eigenvalue weighted by molar-refractivity contribution is -0.127. The molecule has 0 spiro atoms. The number of fused-ring (bicyclic) bond motifs is 1. The number of anilines is 2. The minimum Gasteiger partial charge on any atom is -0.369 e. The summed E-state index contributed by atoms with van der Waals surface area (Å²) in [6.07, 6.45) is -0.244. The number of aromatic amines is 1. The number of nitrogen functional groups attached to an aromatic ring is 1. The molecule has 0 saturated heterocycles. The van der Waals surface area contributed by atoms with Gasteiger partial charge in [0, 0.05) is 37.3 Å². The predicted molar refractivity (Wildman–Crippen MR) is 137 cm³/mol. The van der Waals surface area contributed by atoms with Gasteiger partial charge in [0.1, 0.15) is 24.2 Å². The summed E-state index contributed by atoms with van der Waals surface area (Å²) >= 11 is 5.92. The topological polar surface area (TPSA) is 148 Å². The maximum Gasteiger partial charge on any atom is 0.329 e. The van der Waals surface area contributed by atoms with Crippen molar-refractivity contribution in [2.45, 2.75) is 19.0 Å². The fourth-order valence-corrected chi connectivity index (χ4v) is 4.11. The van der Waals surface area contributed by atoms with Gasteiger partial charge in [-0.1, -0.05) is 11.6 Å². The first-order chi connectivity index (χ1) is 17.9. The van der Waals surface area contributed by atoms with Crippen molar-refractivity contribution in [2.24, 2.45) is 7.05 Å². The van der Waals surface area contributed by atoms with E-state index in [1.807, 2.05) is 0 Å². The number of hydrogen-bond donors (Lipinski definition) is 3. The van der Waals surface area contributed by atoms with Crippen molar-refractivity contribution >= 4 is 46.2 Å². The fraction of sp³-hybridized carbons (Fsp3) is 0.208. The third-order valence-electron chi connectivity index (χ3n) is 5.88. The number of hydrogen-bond acceptors (Lipinski definition) is 6. The summed E-state index contributed by atoms with van der Waals surface area (Å²) in [5.74, 6) is -3.23. The highest BCUT2D eigenvalue weighted by Crippen LogP contribution is 2.19. The normalized spacial score (nSPS) is 11.9. The van der Waals surface area contributed by atoms with Gasteiger partial charge in [-0.2, -0.15) is 4.98 Å². The molecular weight excluding hydrogens is 524 g/mol. The van der Waals surface area contributed by atoms with Gasteiger partial charge in [-0.3, -0.25) is 28.5 Å². The van der Waals surface area contributed by atoms with Crippen molar-refractivity contribution in [3.05, 3.63) is 85.5 Å². The number of likely N-dealkylation sites (N-methyl/N-ethyl adjacent to an activating group) is 1. The van der Waals surface area contributed by atoms with Crippen LogP contribution in [0.2, 0.25) is 5.02 Å². The lowest BCUT2D eigenvalue weighted by atomic mass is 10.0. The number of aromatic nitrogens is 4. The molecule has 4 rings (SSSR count).